The van der Waals surface area contributed by atoms with Gasteiger partial charge in [0.05, 0.1) is 17.8 Å². The van der Waals surface area contributed by atoms with Gasteiger partial charge in [-0.1, -0.05) is 198 Å². The van der Waals surface area contributed by atoms with E-state index in [2.05, 4.69) is 150 Å². The van der Waals surface area contributed by atoms with E-state index in [1.54, 1.807) is 14.0 Å². The van der Waals surface area contributed by atoms with Crippen molar-refractivity contribution in [1.29, 1.82) is 0 Å². The van der Waals surface area contributed by atoms with E-state index in [-0.39, 0.29) is 24.4 Å². The van der Waals surface area contributed by atoms with Crippen LogP contribution in [-0.4, -0.2) is 61.8 Å². The fourth-order valence-electron chi connectivity index (χ4n) is 6.97. The van der Waals surface area contributed by atoms with E-state index < -0.39 is 0 Å². The van der Waals surface area contributed by atoms with Gasteiger partial charge in [0.2, 0.25) is 4.96 Å². The Kier molecular flexibility index (Phi) is 75.2. The van der Waals surface area contributed by atoms with Gasteiger partial charge in [0.15, 0.2) is 0 Å². The quantitative estimate of drug-likeness (QED) is 0.0522. The molecular weight excluding hydrogens is 825 g/mol. The minimum atomic E-state index is 0. The highest BCUT2D eigenvalue weighted by molar-refractivity contribution is 5.75. The minimum Gasteiger partial charge on any atom is -0.384 e. The summed E-state index contributed by atoms with van der Waals surface area (Å²) in [7, 11) is 5.42. The topological polar surface area (TPSA) is 113 Å². The normalized spacial score (nSPS) is 15.0. The Morgan fingerprint density at radius 3 is 0.924 bits per heavy atom. The van der Waals surface area contributed by atoms with Gasteiger partial charge in [0.1, 0.15) is 5.78 Å². The number of ketones is 1. The van der Waals surface area contributed by atoms with Crippen molar-refractivity contribution in [2.75, 3.05) is 34.5 Å². The maximum Gasteiger partial charge on any atom is 0.202 e. The summed E-state index contributed by atoms with van der Waals surface area (Å²) in [6, 6.07) is 0. The lowest BCUT2D eigenvalue weighted by atomic mass is 9.85. The Labute approximate surface area is 418 Å². The zero-order valence-corrected chi connectivity index (χ0v) is 49.8. The number of rotatable bonds is 26. The van der Waals surface area contributed by atoms with Crippen molar-refractivity contribution >= 4 is 5.78 Å². The third kappa shape index (κ3) is 80.1. The van der Waals surface area contributed by atoms with Crippen molar-refractivity contribution < 1.29 is 34.1 Å². The lowest BCUT2D eigenvalue weighted by Crippen LogP contribution is -2.31. The fourth-order valence-corrected chi connectivity index (χ4v) is 6.97. The molecule has 8 nitrogen and oxygen atoms in total. The molecule has 8 unspecified atom stereocenters. The molecule has 0 aromatic rings. The molecule has 8 heteroatoms. The van der Waals surface area contributed by atoms with Crippen molar-refractivity contribution in [2.45, 2.75) is 275 Å². The molecule has 0 aliphatic rings. The Hall–Kier alpha value is -0.930. The summed E-state index contributed by atoms with van der Waals surface area (Å²) in [5, 5.41) is 7.87. The molecule has 0 aromatic carbocycles. The first kappa shape index (κ1) is 85.0. The Morgan fingerprint density at radius 1 is 0.455 bits per heavy atom. The monoisotopic (exact) mass is 956 g/mol. The van der Waals surface area contributed by atoms with E-state index in [1.807, 2.05) is 35.0 Å². The minimum absolute atomic E-state index is 0. The highest BCUT2D eigenvalue weighted by Gasteiger charge is 2.27. The van der Waals surface area contributed by atoms with Crippen LogP contribution in [-0.2, 0) is 23.9 Å². The predicted molar refractivity (Wildman–Crippen MR) is 297 cm³/mol. The molecule has 0 aliphatic carbocycles. The van der Waals surface area contributed by atoms with E-state index in [9.17, 15) is 4.79 Å². The van der Waals surface area contributed by atoms with Crippen LogP contribution in [0.15, 0.2) is 0 Å². The van der Waals surface area contributed by atoms with Gasteiger partial charge in [-0.15, -0.1) is 0 Å². The first-order chi connectivity index (χ1) is 29.9. The molecule has 0 rings (SSSR count). The summed E-state index contributed by atoms with van der Waals surface area (Å²) >= 11 is 0. The second kappa shape index (κ2) is 58.4. The lowest BCUT2D eigenvalue weighted by Gasteiger charge is -2.32. The maximum absolute atomic E-state index is 10.3. The molecule has 0 saturated heterocycles. The number of hydrogen-bond donors (Lipinski definition) is 1. The molecule has 0 aliphatic heterocycles. The van der Waals surface area contributed by atoms with Crippen LogP contribution in [0.5, 0.6) is 0 Å². The smallest absolute Gasteiger partial charge is 0.202 e. The van der Waals surface area contributed by atoms with Gasteiger partial charge in [-0.25, -0.2) is 4.89 Å². The van der Waals surface area contributed by atoms with E-state index in [4.69, 9.17) is 29.4 Å². The molecule has 0 spiro atoms. The van der Waals surface area contributed by atoms with Gasteiger partial charge in [0, 0.05) is 39.3 Å². The zero-order chi connectivity index (χ0) is 53.4. The number of carbonyl (C=O) groups is 1. The van der Waals surface area contributed by atoms with Crippen LogP contribution in [0, 0.1) is 70.1 Å². The third-order valence-corrected chi connectivity index (χ3v) is 11.7. The number of hydrogen-bond acceptors (Lipinski definition) is 7. The van der Waals surface area contributed by atoms with E-state index in [1.165, 1.54) is 57.8 Å². The van der Waals surface area contributed by atoms with Crippen LogP contribution in [0.3, 0.4) is 0 Å². The first-order valence-corrected chi connectivity index (χ1v) is 26.5. The summed E-state index contributed by atoms with van der Waals surface area (Å²) in [4.78, 5) is 27.1. The molecule has 410 valence electrons. The Bertz CT molecular complexity index is 850. The van der Waals surface area contributed by atoms with Crippen molar-refractivity contribution in [3.05, 3.63) is 4.96 Å². The van der Waals surface area contributed by atoms with Crippen LogP contribution in [0.2, 0.25) is 0 Å². The van der Waals surface area contributed by atoms with Gasteiger partial charge in [-0.3, -0.25) is 5.26 Å². The predicted octanol–water partition coefficient (Wildman–Crippen LogP) is 19.2. The maximum atomic E-state index is 10.3. The van der Waals surface area contributed by atoms with E-state index >= 15 is 0 Å². The molecule has 0 amide bonds. The summed E-state index contributed by atoms with van der Waals surface area (Å²) < 4.78 is 16.1. The first-order valence-electron chi connectivity index (χ1n) is 26.5. The van der Waals surface area contributed by atoms with Gasteiger partial charge < -0.3 is 19.0 Å². The molecule has 0 radical (unpaired) electrons. The lowest BCUT2D eigenvalue weighted by molar-refractivity contribution is -0.250. The molecule has 0 aromatic heterocycles. The van der Waals surface area contributed by atoms with Gasteiger partial charge in [0.25, 0.3) is 0 Å². The number of methoxy groups -OCH3 is 3. The summed E-state index contributed by atoms with van der Waals surface area (Å²) in [5.74, 6) is 8.58. The Balaban J connectivity index is -0.0000000831. The molecule has 0 heterocycles. The summed E-state index contributed by atoms with van der Waals surface area (Å²) in [6.45, 7) is 56.4. The van der Waals surface area contributed by atoms with Gasteiger partial charge in [-0.05, 0) is 124 Å². The standard InChI is InChI=1S/2C12H26O.C11H24.C6H12O.C6H14O.C5H12O2.C5H12.CH4.O2/c2*1-7-11(4)9-12(5,13-6)8-10(2)3;1-6-10(4)8-11(5)7-9(2)3;1-5(2)4-6(3)7;1-4-6(2)5-7-3;1-3-5(2)4-7-6;1-4-5(2)3;;1-2/h2*10-11H,7-9H2,1-6H3;9-11H,6-8H2,1-5H3;5H,4H2,1-3H3;6H,4-5H2,1-3H3;5-6H,3-4H2,1-2H3;5H,4H2,1-3H3;1H4;/p+1. The highest BCUT2D eigenvalue weighted by Crippen LogP contribution is 2.30. The molecule has 0 bridgehead atoms. The summed E-state index contributed by atoms with van der Waals surface area (Å²) in [5.41, 5.74) is 0.174. The second-order valence-corrected chi connectivity index (χ2v) is 22.3. The molecule has 8 atom stereocenters. The van der Waals surface area contributed by atoms with Crippen LogP contribution >= 0.6 is 0 Å². The molecule has 0 fully saturated rings. The average Bonchev–Trinajstić information content (AvgIpc) is 3.21. The van der Waals surface area contributed by atoms with E-state index in [0.29, 0.717) is 30.3 Å². The number of ether oxygens (including phenoxy) is 3. The second-order valence-electron chi connectivity index (χ2n) is 22.3. The van der Waals surface area contributed by atoms with Crippen molar-refractivity contribution in [1.82, 2.24) is 0 Å². The van der Waals surface area contributed by atoms with Crippen LogP contribution < -0.4 is 0 Å². The number of Topliss-reactive ketones (excluding diaryl/α,β-unsaturated/α-hetero) is 1. The molecule has 0 saturated carbocycles. The average molecular weight is 957 g/mol. The molecule has 2 N–H and O–H groups in total. The zero-order valence-electron chi connectivity index (χ0n) is 49.8. The summed E-state index contributed by atoms with van der Waals surface area (Å²) in [6.07, 6.45) is 15.6. The largest absolute Gasteiger partial charge is 0.384 e. The van der Waals surface area contributed by atoms with Crippen LogP contribution in [0.1, 0.15) is 264 Å². The van der Waals surface area contributed by atoms with E-state index in [0.717, 1.165) is 73.7 Å². The van der Waals surface area contributed by atoms with Gasteiger partial charge in [-0.2, -0.15) is 0 Å². The Morgan fingerprint density at radius 2 is 0.773 bits per heavy atom. The SMILES string of the molecule is C.CC(=O)CC(C)C.CCC(C)C.CCC(C)CC(C)(CC(C)C)OC.CCC(C)CC(C)(CC(C)C)OC.CCC(C)CC(C)CC(C)C.CCC(C)COC.CCC(C)COO.O=[OH+]. The van der Waals surface area contributed by atoms with Gasteiger partial charge >= 0.3 is 0 Å². The molecular formula is C58H131O8+. The fraction of sp³-hybridized carbons (Fsp3) is 0.983. The molecule has 66 heavy (non-hydrogen) atoms. The number of carbonyl (C=O) groups excluding carboxylic acids is 1. The highest BCUT2D eigenvalue weighted by atomic mass is 17.1. The van der Waals surface area contributed by atoms with Crippen LogP contribution in [0.25, 0.3) is 0 Å². The third-order valence-electron chi connectivity index (χ3n) is 11.7. The van der Waals surface area contributed by atoms with Crippen molar-refractivity contribution in [2.24, 2.45) is 65.1 Å². The van der Waals surface area contributed by atoms with Crippen molar-refractivity contribution in [3.63, 3.8) is 0 Å². The van der Waals surface area contributed by atoms with Crippen LogP contribution in [0.4, 0.5) is 0 Å². The van der Waals surface area contributed by atoms with Crippen molar-refractivity contribution in [3.8, 4) is 0 Å².